The minimum atomic E-state index is -0.392. The molecule has 0 aliphatic carbocycles. The summed E-state index contributed by atoms with van der Waals surface area (Å²) in [5.41, 5.74) is 2.89. The predicted octanol–water partition coefficient (Wildman–Crippen LogP) is 1.11. The molecule has 110 valence electrons. The smallest absolute Gasteiger partial charge is 0.363 e. The molecule has 1 aromatic carbocycles. The number of benzene rings is 1. The summed E-state index contributed by atoms with van der Waals surface area (Å²) in [4.78, 5) is 19.9. The largest absolute Gasteiger partial charge is 0.368 e. The number of rotatable bonds is 2. The van der Waals surface area contributed by atoms with Crippen molar-refractivity contribution in [2.45, 2.75) is 13.8 Å². The van der Waals surface area contributed by atoms with Gasteiger partial charge in [-0.1, -0.05) is 12.1 Å². The average Bonchev–Trinajstić information content (AvgIpc) is 2.50. The van der Waals surface area contributed by atoms with E-state index in [9.17, 15) is 4.79 Å². The van der Waals surface area contributed by atoms with E-state index in [1.54, 1.807) is 0 Å². The molecule has 2 aromatic rings. The van der Waals surface area contributed by atoms with Crippen LogP contribution in [-0.4, -0.2) is 41.4 Å². The molecule has 2 heterocycles. The second-order valence-electron chi connectivity index (χ2n) is 5.36. The van der Waals surface area contributed by atoms with Gasteiger partial charge in [0.15, 0.2) is 5.82 Å². The van der Waals surface area contributed by atoms with Gasteiger partial charge in [-0.25, -0.2) is 9.89 Å². The lowest BCUT2D eigenvalue weighted by Gasteiger charge is -2.37. The molecule has 1 aliphatic rings. The Morgan fingerprint density at radius 3 is 2.52 bits per heavy atom. The molecule has 0 spiro atoms. The van der Waals surface area contributed by atoms with Crippen LogP contribution in [-0.2, 0) is 0 Å². The third-order valence-electron chi connectivity index (χ3n) is 3.80. The Balaban J connectivity index is 1.73. The standard InChI is InChI=1S/C15H19N5O/c1-11-4-3-5-13(10-11)19-6-8-20(9-7-19)14-12(2)17-18-15(21)16-14/h3-5,10H,6-9H2,1-2H3,(H,16,18,21). The molecule has 1 fully saturated rings. The van der Waals surface area contributed by atoms with Crippen molar-refractivity contribution in [1.82, 2.24) is 15.2 Å². The van der Waals surface area contributed by atoms with E-state index in [4.69, 9.17) is 0 Å². The van der Waals surface area contributed by atoms with Crippen molar-refractivity contribution >= 4 is 11.5 Å². The fraction of sp³-hybridized carbons (Fsp3) is 0.400. The third-order valence-corrected chi connectivity index (χ3v) is 3.80. The summed E-state index contributed by atoms with van der Waals surface area (Å²) in [6.45, 7) is 7.48. The van der Waals surface area contributed by atoms with Gasteiger partial charge in [-0.05, 0) is 31.5 Å². The van der Waals surface area contributed by atoms with Gasteiger partial charge in [0, 0.05) is 31.9 Å². The van der Waals surface area contributed by atoms with Crippen LogP contribution in [0.15, 0.2) is 29.1 Å². The fourth-order valence-electron chi connectivity index (χ4n) is 2.68. The first-order valence-corrected chi connectivity index (χ1v) is 7.13. The maximum atomic E-state index is 11.3. The number of anilines is 2. The number of H-pyrrole nitrogens is 1. The van der Waals surface area contributed by atoms with Gasteiger partial charge >= 0.3 is 5.69 Å². The van der Waals surface area contributed by atoms with Gasteiger partial charge < -0.3 is 9.80 Å². The second kappa shape index (κ2) is 5.55. The zero-order chi connectivity index (χ0) is 14.8. The molecular formula is C15H19N5O. The molecule has 0 unspecified atom stereocenters. The first kappa shape index (κ1) is 13.6. The molecule has 0 radical (unpaired) electrons. The minimum absolute atomic E-state index is 0.392. The number of nitrogens with zero attached hydrogens (tertiary/aromatic N) is 4. The summed E-state index contributed by atoms with van der Waals surface area (Å²) < 4.78 is 0. The van der Waals surface area contributed by atoms with Crippen molar-refractivity contribution in [1.29, 1.82) is 0 Å². The number of piperazine rings is 1. The maximum absolute atomic E-state index is 11.3. The average molecular weight is 285 g/mol. The van der Waals surface area contributed by atoms with Crippen LogP contribution in [0.2, 0.25) is 0 Å². The lowest BCUT2D eigenvalue weighted by atomic mass is 10.2. The maximum Gasteiger partial charge on any atom is 0.363 e. The number of nitrogens with one attached hydrogen (secondary N) is 1. The van der Waals surface area contributed by atoms with Crippen LogP contribution in [0.3, 0.4) is 0 Å². The van der Waals surface area contributed by atoms with Crippen LogP contribution >= 0.6 is 0 Å². The number of aromatic nitrogens is 3. The number of hydrogen-bond acceptors (Lipinski definition) is 5. The summed E-state index contributed by atoms with van der Waals surface area (Å²) in [6.07, 6.45) is 0. The molecule has 6 heteroatoms. The Bertz CT molecular complexity index is 688. The van der Waals surface area contributed by atoms with E-state index in [1.807, 2.05) is 6.92 Å². The van der Waals surface area contributed by atoms with E-state index in [2.05, 4.69) is 56.2 Å². The lowest BCUT2D eigenvalue weighted by Crippen LogP contribution is -2.47. The predicted molar refractivity (Wildman–Crippen MR) is 83.0 cm³/mol. The van der Waals surface area contributed by atoms with Crippen LogP contribution in [0, 0.1) is 13.8 Å². The van der Waals surface area contributed by atoms with Gasteiger partial charge in [-0.3, -0.25) is 0 Å². The van der Waals surface area contributed by atoms with Crippen LogP contribution in [0.5, 0.6) is 0 Å². The highest BCUT2D eigenvalue weighted by atomic mass is 16.1. The molecule has 1 aromatic heterocycles. The van der Waals surface area contributed by atoms with Crippen LogP contribution in [0.25, 0.3) is 0 Å². The summed E-state index contributed by atoms with van der Waals surface area (Å²) >= 11 is 0. The van der Waals surface area contributed by atoms with Crippen molar-refractivity contribution < 1.29 is 0 Å². The molecule has 21 heavy (non-hydrogen) atoms. The summed E-state index contributed by atoms with van der Waals surface area (Å²) in [5, 5.41) is 6.35. The molecule has 6 nitrogen and oxygen atoms in total. The molecule has 1 N–H and O–H groups in total. The van der Waals surface area contributed by atoms with Gasteiger partial charge in [0.05, 0.1) is 0 Å². The van der Waals surface area contributed by atoms with Gasteiger partial charge in [-0.2, -0.15) is 10.1 Å². The Morgan fingerprint density at radius 1 is 1.10 bits per heavy atom. The van der Waals surface area contributed by atoms with Crippen LogP contribution < -0.4 is 15.5 Å². The zero-order valence-corrected chi connectivity index (χ0v) is 12.3. The quantitative estimate of drug-likeness (QED) is 0.895. The molecule has 0 saturated carbocycles. The monoisotopic (exact) mass is 285 g/mol. The summed E-state index contributed by atoms with van der Waals surface area (Å²) in [6, 6.07) is 8.53. The molecule has 0 atom stereocenters. The molecule has 3 rings (SSSR count). The van der Waals surface area contributed by atoms with Gasteiger partial charge in [0.1, 0.15) is 5.69 Å². The Hall–Kier alpha value is -2.37. The summed E-state index contributed by atoms with van der Waals surface area (Å²) in [5.74, 6) is 0.697. The molecule has 1 aliphatic heterocycles. The highest BCUT2D eigenvalue weighted by Gasteiger charge is 2.20. The van der Waals surface area contributed by atoms with E-state index < -0.39 is 5.69 Å². The van der Waals surface area contributed by atoms with E-state index >= 15 is 0 Å². The Morgan fingerprint density at radius 2 is 1.81 bits per heavy atom. The van der Waals surface area contributed by atoms with Crippen LogP contribution in [0.1, 0.15) is 11.3 Å². The van der Waals surface area contributed by atoms with Crippen molar-refractivity contribution in [3.8, 4) is 0 Å². The molecular weight excluding hydrogens is 266 g/mol. The SMILES string of the molecule is Cc1cccc(N2CCN(c3nc(=O)[nH]nc3C)CC2)c1. The second-order valence-corrected chi connectivity index (χ2v) is 5.36. The van der Waals surface area contributed by atoms with Gasteiger partial charge in [-0.15, -0.1) is 0 Å². The Labute approximate surface area is 123 Å². The first-order chi connectivity index (χ1) is 10.1. The number of hydrogen-bond donors (Lipinski definition) is 1. The van der Waals surface area contributed by atoms with Crippen molar-refractivity contribution in [3.63, 3.8) is 0 Å². The minimum Gasteiger partial charge on any atom is -0.368 e. The van der Waals surface area contributed by atoms with Crippen LogP contribution in [0.4, 0.5) is 11.5 Å². The van der Waals surface area contributed by atoms with Gasteiger partial charge in [0.2, 0.25) is 0 Å². The van der Waals surface area contributed by atoms with E-state index in [-0.39, 0.29) is 0 Å². The highest BCUT2D eigenvalue weighted by molar-refractivity contribution is 5.51. The van der Waals surface area contributed by atoms with E-state index in [0.29, 0.717) is 5.82 Å². The van der Waals surface area contributed by atoms with Gasteiger partial charge in [0.25, 0.3) is 0 Å². The van der Waals surface area contributed by atoms with Crippen molar-refractivity contribution in [2.24, 2.45) is 0 Å². The topological polar surface area (TPSA) is 65.1 Å². The summed E-state index contributed by atoms with van der Waals surface area (Å²) in [7, 11) is 0. The number of aryl methyl sites for hydroxylation is 2. The normalized spacial score (nSPS) is 15.3. The van der Waals surface area contributed by atoms with Crippen molar-refractivity contribution in [2.75, 3.05) is 36.0 Å². The third kappa shape index (κ3) is 2.89. The molecule has 1 saturated heterocycles. The highest BCUT2D eigenvalue weighted by Crippen LogP contribution is 2.20. The van der Waals surface area contributed by atoms with Crippen molar-refractivity contribution in [3.05, 3.63) is 46.0 Å². The fourth-order valence-corrected chi connectivity index (χ4v) is 2.68. The zero-order valence-electron chi connectivity index (χ0n) is 12.3. The van der Waals surface area contributed by atoms with E-state index in [1.165, 1.54) is 11.3 Å². The molecule has 0 amide bonds. The lowest BCUT2D eigenvalue weighted by molar-refractivity contribution is 0.639. The van der Waals surface area contributed by atoms with E-state index in [0.717, 1.165) is 31.9 Å². The molecule has 0 bridgehead atoms. The first-order valence-electron chi connectivity index (χ1n) is 7.13. The Kier molecular flexibility index (Phi) is 3.60. The number of aromatic amines is 1.